The summed E-state index contributed by atoms with van der Waals surface area (Å²) >= 11 is 0. The molecule has 3 aliphatic heterocycles. The highest BCUT2D eigenvalue weighted by molar-refractivity contribution is 5.92. The predicted octanol–water partition coefficient (Wildman–Crippen LogP) is 1.29. The summed E-state index contributed by atoms with van der Waals surface area (Å²) in [6.07, 6.45) is 1.93. The molecule has 0 unspecified atom stereocenters. The molecular formula is C18H23N5O3. The first-order valence-corrected chi connectivity index (χ1v) is 8.72. The molecule has 3 aliphatic rings. The fraction of sp³-hybridized carbons (Fsp3) is 0.500. The van der Waals surface area contributed by atoms with Crippen molar-refractivity contribution in [2.75, 3.05) is 45.0 Å². The monoisotopic (exact) mass is 357 g/mol. The molecule has 138 valence electrons. The lowest BCUT2D eigenvalue weighted by molar-refractivity contribution is -0.138. The number of anilines is 2. The average Bonchev–Trinajstić information content (AvgIpc) is 2.94. The number of carbonyl (C=O) groups is 1. The normalized spacial score (nSPS) is 22.7. The molecule has 0 radical (unpaired) electrons. The number of methoxy groups -OCH3 is 2. The Morgan fingerprint density at radius 2 is 1.85 bits per heavy atom. The summed E-state index contributed by atoms with van der Waals surface area (Å²) in [6, 6.07) is 3.78. The van der Waals surface area contributed by atoms with Crippen LogP contribution in [0.1, 0.15) is 12.8 Å². The molecule has 26 heavy (non-hydrogen) atoms. The van der Waals surface area contributed by atoms with Crippen molar-refractivity contribution in [1.82, 2.24) is 14.9 Å². The van der Waals surface area contributed by atoms with Crippen molar-refractivity contribution in [3.63, 3.8) is 0 Å². The first-order chi connectivity index (χ1) is 12.5. The van der Waals surface area contributed by atoms with Crippen molar-refractivity contribution in [3.05, 3.63) is 12.1 Å². The van der Waals surface area contributed by atoms with Crippen LogP contribution < -0.4 is 20.1 Å². The standard InChI is InChI=1S/C18H23N5O3/c1-22-11-5-4-10(17(22)24)8-23(9-11)18-20-13-7-15(26-3)14(25-2)6-12(13)16(19)21-18/h6-7,10-11H,4-5,8-9H2,1-3H3,(H2,19,20,21)/t10-,11+/m0/s1. The van der Waals surface area contributed by atoms with E-state index in [1.54, 1.807) is 26.4 Å². The summed E-state index contributed by atoms with van der Waals surface area (Å²) in [7, 11) is 5.05. The molecule has 0 spiro atoms. The number of hydrogen-bond acceptors (Lipinski definition) is 7. The van der Waals surface area contributed by atoms with Gasteiger partial charge >= 0.3 is 0 Å². The molecule has 4 heterocycles. The Morgan fingerprint density at radius 1 is 1.12 bits per heavy atom. The maximum absolute atomic E-state index is 12.4. The van der Waals surface area contributed by atoms with Gasteiger partial charge in [0.05, 0.1) is 25.7 Å². The van der Waals surface area contributed by atoms with Gasteiger partial charge in [-0.3, -0.25) is 4.79 Å². The molecule has 3 saturated heterocycles. The van der Waals surface area contributed by atoms with Gasteiger partial charge in [0.2, 0.25) is 11.9 Å². The number of hydrogen-bond donors (Lipinski definition) is 1. The highest BCUT2D eigenvalue weighted by atomic mass is 16.5. The van der Waals surface area contributed by atoms with Gasteiger partial charge in [-0.15, -0.1) is 0 Å². The average molecular weight is 357 g/mol. The summed E-state index contributed by atoms with van der Waals surface area (Å²) < 4.78 is 10.7. The molecule has 2 bridgehead atoms. The van der Waals surface area contributed by atoms with Crippen LogP contribution >= 0.6 is 0 Å². The Hall–Kier alpha value is -2.77. The number of carbonyl (C=O) groups excluding carboxylic acids is 1. The zero-order valence-corrected chi connectivity index (χ0v) is 15.2. The summed E-state index contributed by atoms with van der Waals surface area (Å²) in [5.41, 5.74) is 6.90. The molecule has 5 rings (SSSR count). The maximum atomic E-state index is 12.4. The molecule has 8 nitrogen and oxygen atoms in total. The second kappa shape index (κ2) is 6.19. The van der Waals surface area contributed by atoms with E-state index < -0.39 is 0 Å². The molecule has 0 saturated carbocycles. The number of nitrogens with two attached hydrogens (primary N) is 1. The molecule has 1 amide bonds. The molecule has 3 fully saturated rings. The minimum atomic E-state index is -0.00956. The molecule has 1 aromatic carbocycles. The molecule has 0 aliphatic carbocycles. The SMILES string of the molecule is COc1cc2nc(N3C[C@@H]4CC[C@H](C3)N(C)C4=O)nc(N)c2cc1OC. The third kappa shape index (κ3) is 2.56. The van der Waals surface area contributed by atoms with Crippen molar-refractivity contribution in [2.45, 2.75) is 18.9 Å². The number of piperidine rings is 1. The van der Waals surface area contributed by atoms with Crippen LogP contribution in [0, 0.1) is 5.92 Å². The Morgan fingerprint density at radius 3 is 2.58 bits per heavy atom. The summed E-state index contributed by atoms with van der Waals surface area (Å²) in [5, 5.41) is 0.720. The third-order valence-corrected chi connectivity index (χ3v) is 5.47. The first kappa shape index (κ1) is 16.7. The number of nitrogen functional groups attached to an aromatic ring is 1. The first-order valence-electron chi connectivity index (χ1n) is 8.72. The Labute approximate surface area is 151 Å². The highest BCUT2D eigenvalue weighted by Gasteiger charge is 2.39. The number of ether oxygens (including phenoxy) is 2. The number of nitrogens with zero attached hydrogens (tertiary/aromatic N) is 4. The van der Waals surface area contributed by atoms with Crippen LogP contribution in [-0.4, -0.2) is 61.2 Å². The Balaban J connectivity index is 1.76. The molecule has 2 atom stereocenters. The van der Waals surface area contributed by atoms with Gasteiger partial charge in [0, 0.05) is 37.6 Å². The van der Waals surface area contributed by atoms with Crippen LogP contribution in [0.15, 0.2) is 12.1 Å². The fourth-order valence-electron chi connectivity index (χ4n) is 3.93. The van der Waals surface area contributed by atoms with Crippen molar-refractivity contribution in [2.24, 2.45) is 5.92 Å². The van der Waals surface area contributed by atoms with E-state index in [0.29, 0.717) is 35.3 Å². The smallest absolute Gasteiger partial charge is 0.227 e. The van der Waals surface area contributed by atoms with E-state index >= 15 is 0 Å². The van der Waals surface area contributed by atoms with Crippen LogP contribution in [-0.2, 0) is 4.79 Å². The van der Waals surface area contributed by atoms with Crippen LogP contribution in [0.3, 0.4) is 0 Å². The Kier molecular flexibility index (Phi) is 3.97. The van der Waals surface area contributed by atoms with E-state index in [-0.39, 0.29) is 17.9 Å². The van der Waals surface area contributed by atoms with Gasteiger partial charge in [-0.25, -0.2) is 4.98 Å². The lowest BCUT2D eigenvalue weighted by Crippen LogP contribution is -2.45. The number of likely N-dealkylation sites (N-methyl/N-ethyl adjacent to an activating group) is 1. The van der Waals surface area contributed by atoms with Crippen LogP contribution in [0.2, 0.25) is 0 Å². The van der Waals surface area contributed by atoms with Crippen LogP contribution in [0.4, 0.5) is 11.8 Å². The molecule has 2 aromatic rings. The molecular weight excluding hydrogens is 334 g/mol. The minimum absolute atomic E-state index is 0.00956. The van der Waals surface area contributed by atoms with Gasteiger partial charge in [0.1, 0.15) is 5.82 Å². The lowest BCUT2D eigenvalue weighted by Gasteiger charge is -2.32. The molecule has 2 N–H and O–H groups in total. The second-order valence-electron chi connectivity index (χ2n) is 6.92. The van der Waals surface area contributed by atoms with Gasteiger partial charge < -0.3 is 25.0 Å². The van der Waals surface area contributed by atoms with E-state index in [9.17, 15) is 4.79 Å². The number of rotatable bonds is 3. The lowest BCUT2D eigenvalue weighted by atomic mass is 9.95. The van der Waals surface area contributed by atoms with Crippen LogP contribution in [0.25, 0.3) is 10.9 Å². The van der Waals surface area contributed by atoms with E-state index in [1.165, 1.54) is 0 Å². The van der Waals surface area contributed by atoms with Crippen molar-refractivity contribution in [1.29, 1.82) is 0 Å². The number of amides is 1. The van der Waals surface area contributed by atoms with E-state index in [2.05, 4.69) is 9.88 Å². The topological polar surface area (TPSA) is 93.8 Å². The van der Waals surface area contributed by atoms with E-state index in [1.807, 2.05) is 11.9 Å². The quantitative estimate of drug-likeness (QED) is 0.884. The second-order valence-corrected chi connectivity index (χ2v) is 6.92. The minimum Gasteiger partial charge on any atom is -0.493 e. The van der Waals surface area contributed by atoms with E-state index in [0.717, 1.165) is 24.8 Å². The predicted molar refractivity (Wildman–Crippen MR) is 98.5 cm³/mol. The number of benzene rings is 1. The van der Waals surface area contributed by atoms with Crippen molar-refractivity contribution < 1.29 is 14.3 Å². The van der Waals surface area contributed by atoms with E-state index in [4.69, 9.17) is 20.2 Å². The molecule has 1 aromatic heterocycles. The summed E-state index contributed by atoms with van der Waals surface area (Å²) in [6.45, 7) is 1.34. The highest BCUT2D eigenvalue weighted by Crippen LogP contribution is 2.35. The van der Waals surface area contributed by atoms with Gasteiger partial charge in [0.25, 0.3) is 0 Å². The van der Waals surface area contributed by atoms with Crippen LogP contribution in [0.5, 0.6) is 11.5 Å². The van der Waals surface area contributed by atoms with Gasteiger partial charge in [-0.05, 0) is 18.9 Å². The van der Waals surface area contributed by atoms with Crippen molar-refractivity contribution >= 4 is 28.6 Å². The maximum Gasteiger partial charge on any atom is 0.227 e. The third-order valence-electron chi connectivity index (χ3n) is 5.47. The number of aromatic nitrogens is 2. The van der Waals surface area contributed by atoms with Crippen molar-refractivity contribution in [3.8, 4) is 11.5 Å². The molecule has 8 heteroatoms. The number of fused-ring (bicyclic) bond motifs is 5. The van der Waals surface area contributed by atoms with Gasteiger partial charge in [-0.1, -0.05) is 0 Å². The zero-order valence-electron chi connectivity index (χ0n) is 15.2. The van der Waals surface area contributed by atoms with Gasteiger partial charge in [0.15, 0.2) is 11.5 Å². The van der Waals surface area contributed by atoms with Gasteiger partial charge in [-0.2, -0.15) is 4.98 Å². The Bertz CT molecular complexity index is 872. The fourth-order valence-corrected chi connectivity index (χ4v) is 3.93. The summed E-state index contributed by atoms with van der Waals surface area (Å²) in [4.78, 5) is 25.6. The largest absolute Gasteiger partial charge is 0.493 e. The summed E-state index contributed by atoms with van der Waals surface area (Å²) in [5.74, 6) is 2.33. The zero-order chi connectivity index (χ0) is 18.4.